The van der Waals surface area contributed by atoms with Gasteiger partial charge in [-0.25, -0.2) is 0 Å². The Hall–Kier alpha value is -0.200. The number of rotatable bonds is 9. The molecule has 5 heteroatoms. The van der Waals surface area contributed by atoms with E-state index in [0.29, 0.717) is 5.54 Å². The minimum Gasteiger partial charge on any atom is -0.391 e. The number of quaternary nitrogens is 3. The Labute approximate surface area is 232 Å². The largest absolute Gasteiger partial charge is 0.391 e. The molecule has 0 spiro atoms. The second-order valence-corrected chi connectivity index (χ2v) is 13.3. The molecule has 0 radical (unpaired) electrons. The van der Waals surface area contributed by atoms with Gasteiger partial charge in [0.1, 0.15) is 13.1 Å². The van der Waals surface area contributed by atoms with Gasteiger partial charge in [0.05, 0.1) is 77.2 Å². The number of aliphatic hydroxyl groups is 2. The van der Waals surface area contributed by atoms with Gasteiger partial charge in [-0.3, -0.25) is 0 Å². The van der Waals surface area contributed by atoms with Gasteiger partial charge in [0.25, 0.3) is 0 Å². The first-order valence-electron chi connectivity index (χ1n) is 13.4. The lowest BCUT2D eigenvalue weighted by molar-refractivity contribution is -0.953. The highest BCUT2D eigenvalue weighted by Gasteiger charge is 2.35. The van der Waals surface area contributed by atoms with E-state index in [1.807, 2.05) is 0 Å². The maximum absolute atomic E-state index is 8.98. The number of likely N-dealkylation sites (N-methyl/N-ethyl adjacent to an activating group) is 2. The average molecular weight is 524 g/mol. The van der Waals surface area contributed by atoms with E-state index in [1.165, 1.54) is 19.5 Å². The number of hydrogen-bond acceptors (Lipinski definition) is 2. The molecule has 0 fully saturated rings. The lowest BCUT2D eigenvalue weighted by Gasteiger charge is -2.45. The van der Waals surface area contributed by atoms with Crippen molar-refractivity contribution >= 4 is 0 Å². The molecule has 0 saturated carbocycles. The van der Waals surface area contributed by atoms with Crippen molar-refractivity contribution < 1.29 is 23.7 Å². The van der Waals surface area contributed by atoms with Crippen molar-refractivity contribution in [2.24, 2.45) is 0 Å². The van der Waals surface area contributed by atoms with Gasteiger partial charge in [-0.05, 0) is 89.5 Å². The van der Waals surface area contributed by atoms with Crippen molar-refractivity contribution in [2.75, 3.05) is 73.6 Å². The molecule has 0 bridgehead atoms. The van der Waals surface area contributed by atoms with Crippen LogP contribution in [0.3, 0.4) is 0 Å². The van der Waals surface area contributed by atoms with Crippen LogP contribution in [0.5, 0.6) is 0 Å². The smallest absolute Gasteiger partial charge is 0.102 e. The number of hydrogen-bond donors (Lipinski definition) is 2. The third-order valence-corrected chi connectivity index (χ3v) is 8.86. The molecule has 36 heavy (non-hydrogen) atoms. The van der Waals surface area contributed by atoms with Gasteiger partial charge in [-0.1, -0.05) is 6.92 Å². The molecular formula is C31H77N3O2. The summed E-state index contributed by atoms with van der Waals surface area (Å²) in [5.74, 6) is 0. The van der Waals surface area contributed by atoms with Gasteiger partial charge < -0.3 is 45.9 Å². The van der Waals surface area contributed by atoms with Gasteiger partial charge in [0, 0.05) is 0 Å². The summed E-state index contributed by atoms with van der Waals surface area (Å²) in [5.41, 5.74) is 0.861. The van der Waals surface area contributed by atoms with E-state index in [-0.39, 0.29) is 46.6 Å². The van der Waals surface area contributed by atoms with Gasteiger partial charge in [-0.2, -0.15) is 0 Å². The molecule has 0 aliphatic heterocycles. The maximum atomic E-state index is 8.98. The summed E-state index contributed by atoms with van der Waals surface area (Å²) in [7, 11) is 6.73. The van der Waals surface area contributed by atoms with E-state index in [0.717, 1.165) is 39.6 Å². The second-order valence-electron chi connectivity index (χ2n) is 13.3. The van der Waals surface area contributed by atoms with Crippen LogP contribution in [0.25, 0.3) is 0 Å². The first-order chi connectivity index (χ1) is 14.6. The zero-order valence-corrected chi connectivity index (χ0v) is 29.1. The van der Waals surface area contributed by atoms with E-state index < -0.39 is 0 Å². The summed E-state index contributed by atoms with van der Waals surface area (Å²) in [5, 5.41) is 17.9. The van der Waals surface area contributed by atoms with Crippen molar-refractivity contribution in [3.63, 3.8) is 0 Å². The highest BCUT2D eigenvalue weighted by molar-refractivity contribution is 4.63. The minimum atomic E-state index is 0. The first-order valence-corrected chi connectivity index (χ1v) is 13.4. The Morgan fingerprint density at radius 2 is 0.694 bits per heavy atom. The Bertz CT molecular complexity index is 478. The maximum Gasteiger partial charge on any atom is 0.102 e. The first kappa shape index (κ1) is 48.8. The quantitative estimate of drug-likeness (QED) is 0.267. The molecular weight excluding hydrogens is 446 g/mol. The lowest BCUT2D eigenvalue weighted by atomic mass is 10.0. The fourth-order valence-electron chi connectivity index (χ4n) is 3.86. The second kappa shape index (κ2) is 19.8. The summed E-state index contributed by atoms with van der Waals surface area (Å²) >= 11 is 0. The molecule has 0 aromatic rings. The summed E-state index contributed by atoms with van der Waals surface area (Å²) in [4.78, 5) is 0. The van der Waals surface area contributed by atoms with Gasteiger partial charge >= 0.3 is 0 Å². The average Bonchev–Trinajstić information content (AvgIpc) is 2.66. The standard InChI is InChI=1S/C10H24NO.C9H22NO.C9H22N.3CH3/c1-6-7-11(5,8-9-12)10(2,3)4;1-6-10(5,7-8-11)9(2,3)4;1-7-10(6,8-2)9(3,4)5;;;/h12H,6-9H2,1-5H3;11H,6-8H2,1-5H3;7-8H2,1-6H3;3*1H3/q3*+1;3*-1. The number of aliphatic hydroxyl groups excluding tert-OH is 2. The zero-order valence-electron chi connectivity index (χ0n) is 29.1. The van der Waals surface area contributed by atoms with Crippen molar-refractivity contribution in [1.29, 1.82) is 0 Å². The van der Waals surface area contributed by atoms with E-state index in [2.05, 4.69) is 111 Å². The molecule has 0 saturated heterocycles. The molecule has 0 aromatic heterocycles. The summed E-state index contributed by atoms with van der Waals surface area (Å²) in [6, 6.07) is 0. The molecule has 2 atom stereocenters. The van der Waals surface area contributed by atoms with E-state index >= 15 is 0 Å². The predicted octanol–water partition coefficient (Wildman–Crippen LogP) is 6.50. The van der Waals surface area contributed by atoms with Crippen molar-refractivity contribution in [1.82, 2.24) is 0 Å². The predicted molar refractivity (Wildman–Crippen MR) is 168 cm³/mol. The van der Waals surface area contributed by atoms with Crippen LogP contribution >= 0.6 is 0 Å². The van der Waals surface area contributed by atoms with Crippen LogP contribution in [0.15, 0.2) is 0 Å². The molecule has 0 aliphatic rings. The molecule has 0 rings (SSSR count). The van der Waals surface area contributed by atoms with Crippen molar-refractivity contribution in [3.05, 3.63) is 22.3 Å². The molecule has 0 heterocycles. The summed E-state index contributed by atoms with van der Waals surface area (Å²) in [6.07, 6.45) is 1.17. The molecule has 2 N–H and O–H groups in total. The molecule has 228 valence electrons. The fraction of sp³-hybridized carbons (Fsp3) is 0.903. The van der Waals surface area contributed by atoms with Gasteiger partial charge in [0.2, 0.25) is 0 Å². The molecule has 0 aromatic carbocycles. The van der Waals surface area contributed by atoms with E-state index in [4.69, 9.17) is 10.2 Å². The van der Waals surface area contributed by atoms with Gasteiger partial charge in [0.15, 0.2) is 0 Å². The van der Waals surface area contributed by atoms with Crippen molar-refractivity contribution in [3.8, 4) is 0 Å². The van der Waals surface area contributed by atoms with E-state index in [1.54, 1.807) is 0 Å². The Balaban J connectivity index is -0.0000000903. The topological polar surface area (TPSA) is 40.5 Å². The van der Waals surface area contributed by atoms with Crippen molar-refractivity contribution in [2.45, 2.75) is 113 Å². The Morgan fingerprint density at radius 1 is 0.444 bits per heavy atom. The van der Waals surface area contributed by atoms with Crippen LogP contribution in [0, 0.1) is 22.3 Å². The third-order valence-electron chi connectivity index (χ3n) is 8.86. The van der Waals surface area contributed by atoms with Crippen LogP contribution in [-0.2, 0) is 0 Å². The monoisotopic (exact) mass is 524 g/mol. The minimum absolute atomic E-state index is 0. The van der Waals surface area contributed by atoms with Crippen LogP contribution in [0.1, 0.15) is 96.4 Å². The zero-order chi connectivity index (χ0) is 27.4. The fourth-order valence-corrected chi connectivity index (χ4v) is 3.86. The highest BCUT2D eigenvalue weighted by Crippen LogP contribution is 2.22. The van der Waals surface area contributed by atoms with E-state index in [9.17, 15) is 0 Å². The van der Waals surface area contributed by atoms with Crippen LogP contribution in [0.4, 0.5) is 0 Å². The third kappa shape index (κ3) is 15.9. The van der Waals surface area contributed by atoms with Crippen LogP contribution < -0.4 is 0 Å². The number of nitrogens with zero attached hydrogens (tertiary/aromatic N) is 3. The summed E-state index contributed by atoms with van der Waals surface area (Å²) in [6.45, 7) is 36.1. The van der Waals surface area contributed by atoms with Gasteiger partial charge in [-0.15, -0.1) is 0 Å². The van der Waals surface area contributed by atoms with Crippen LogP contribution in [-0.4, -0.2) is 114 Å². The Morgan fingerprint density at radius 3 is 0.806 bits per heavy atom. The molecule has 0 aliphatic carbocycles. The normalized spacial score (nSPS) is 15.2. The SMILES string of the molecule is CCC[N+](C)(CCO)C(C)(C)C.CC[N+](C)(CC)C(C)(C)C.CC[N+](C)(CCO)C(C)(C)C.[CH3-].[CH3-].[CH3-]. The highest BCUT2D eigenvalue weighted by atomic mass is 16.3. The van der Waals surface area contributed by atoms with Crippen LogP contribution in [0.2, 0.25) is 0 Å². The Kier molecular flexibility index (Phi) is 26.9. The molecule has 5 nitrogen and oxygen atoms in total. The molecule has 2 unspecified atom stereocenters. The molecule has 0 amide bonds. The summed E-state index contributed by atoms with van der Waals surface area (Å²) < 4.78 is 3.05. The lowest BCUT2D eigenvalue weighted by Crippen LogP contribution is -2.58.